The summed E-state index contributed by atoms with van der Waals surface area (Å²) in [5, 5.41) is 16.8. The molecule has 5 heteroatoms. The average molecular weight is 875 g/mol. The van der Waals surface area contributed by atoms with Crippen molar-refractivity contribution in [3.05, 3.63) is 101 Å². The third kappa shape index (κ3) is 7.45. The van der Waals surface area contributed by atoms with E-state index in [-0.39, 0.29) is 59.7 Å². The molecule has 1 aliphatic rings. The van der Waals surface area contributed by atoms with Crippen LogP contribution in [0.25, 0.3) is 53.0 Å². The number of allylic oxidation sites excluding steroid dienone is 2. The Morgan fingerprint density at radius 2 is 1.55 bits per heavy atom. The SMILES string of the molecule is CC(C)(C)c1cc(-c2nccc3cc4sc5c6c(ccc5c4cc23)C(C)(C)CCC6(C)C)[c-]c2ccccc12.CC(C)C(=O)/C=C(\O)C(C)C.[Ir]. The quantitative estimate of drug-likeness (QED) is 0.109. The topological polar surface area (TPSA) is 50.2 Å². The molecule has 0 bridgehead atoms. The molecule has 0 aliphatic heterocycles. The second-order valence-electron chi connectivity index (χ2n) is 17.1. The van der Waals surface area contributed by atoms with Gasteiger partial charge in [0.25, 0.3) is 0 Å². The third-order valence-corrected chi connectivity index (χ3v) is 11.8. The van der Waals surface area contributed by atoms with E-state index in [0.29, 0.717) is 0 Å². The number of pyridine rings is 1. The number of nitrogens with zero attached hydrogens (tertiary/aromatic N) is 1. The molecule has 3 nitrogen and oxygen atoms in total. The molecule has 2 heterocycles. The predicted octanol–water partition coefficient (Wildman–Crippen LogP) is 13.2. The molecule has 0 amide bonds. The van der Waals surface area contributed by atoms with Gasteiger partial charge in [-0.1, -0.05) is 124 Å². The normalized spacial score (nSPS) is 15.6. The minimum atomic E-state index is -0.0316. The van der Waals surface area contributed by atoms with Crippen LogP contribution >= 0.6 is 11.3 Å². The Hall–Kier alpha value is -3.37. The summed E-state index contributed by atoms with van der Waals surface area (Å²) < 4.78 is 2.83. The molecular weight excluding hydrogens is 823 g/mol. The Morgan fingerprint density at radius 3 is 2.22 bits per heavy atom. The van der Waals surface area contributed by atoms with Gasteiger partial charge in [-0.25, -0.2) is 0 Å². The van der Waals surface area contributed by atoms with Crippen LogP contribution in [-0.4, -0.2) is 15.9 Å². The van der Waals surface area contributed by atoms with Crippen molar-refractivity contribution < 1.29 is 30.0 Å². The number of fused-ring (bicyclic) bond motifs is 7. The van der Waals surface area contributed by atoms with Gasteiger partial charge in [-0.2, -0.15) is 0 Å². The van der Waals surface area contributed by atoms with Crippen LogP contribution in [0.4, 0.5) is 0 Å². The number of rotatable bonds is 4. The molecule has 7 rings (SSSR count). The maximum absolute atomic E-state index is 11.0. The van der Waals surface area contributed by atoms with Crippen LogP contribution in [0.2, 0.25) is 0 Å². The minimum absolute atomic E-state index is 0. The van der Waals surface area contributed by atoms with Crippen LogP contribution in [0.15, 0.2) is 78.7 Å². The number of carbonyl (C=O) groups excluding carboxylic acids is 1. The van der Waals surface area contributed by atoms with Crippen LogP contribution in [-0.2, 0) is 41.1 Å². The number of thiophene rings is 1. The molecule has 0 spiro atoms. The Morgan fingerprint density at radius 1 is 0.863 bits per heavy atom. The van der Waals surface area contributed by atoms with Crippen LogP contribution in [0.1, 0.15) is 106 Å². The minimum Gasteiger partial charge on any atom is -0.512 e. The van der Waals surface area contributed by atoms with Crippen molar-refractivity contribution in [2.75, 3.05) is 0 Å². The summed E-state index contributed by atoms with van der Waals surface area (Å²) in [6.07, 6.45) is 5.74. The standard InChI is InChI=1S/C37H36NS.C9H16O2.Ir/c1-35(2,3)30-19-24(18-22-10-8-9-11-25(22)30)33-27-21-28-26-12-13-29-32(37(6,7)16-15-36(29,4)5)34(26)39-31(28)20-23(27)14-17-38-33;1-6(2)8(10)5-9(11)7(3)4;/h8-14,17,19-21H,15-16H2,1-7H3;5-7,10H,1-4H3;/q-1;;/b;8-5-;. The molecule has 6 aromatic rings. The van der Waals surface area contributed by atoms with E-state index in [9.17, 15) is 9.90 Å². The first-order valence-corrected chi connectivity index (χ1v) is 18.9. The molecule has 0 fully saturated rings. The molecular formula is C46H52IrNO2S-. The van der Waals surface area contributed by atoms with Gasteiger partial charge in [-0.05, 0) is 63.1 Å². The van der Waals surface area contributed by atoms with Crippen molar-refractivity contribution in [3.63, 3.8) is 0 Å². The van der Waals surface area contributed by atoms with Gasteiger partial charge >= 0.3 is 0 Å². The maximum atomic E-state index is 11.0. The van der Waals surface area contributed by atoms with E-state index in [1.807, 2.05) is 45.2 Å². The number of benzene rings is 4. The molecule has 1 radical (unpaired) electrons. The van der Waals surface area contributed by atoms with Crippen LogP contribution in [0, 0.1) is 17.9 Å². The fraction of sp³-hybridized carbons (Fsp3) is 0.391. The van der Waals surface area contributed by atoms with Gasteiger partial charge in [0.2, 0.25) is 0 Å². The maximum Gasteiger partial charge on any atom is 0.161 e. The van der Waals surface area contributed by atoms with Crippen molar-refractivity contribution in [2.24, 2.45) is 11.8 Å². The number of carbonyl (C=O) groups is 1. The molecule has 0 saturated heterocycles. The molecule has 269 valence electrons. The largest absolute Gasteiger partial charge is 0.512 e. The summed E-state index contributed by atoms with van der Waals surface area (Å²) in [6.45, 7) is 23.9. The van der Waals surface area contributed by atoms with Gasteiger partial charge in [-0.3, -0.25) is 9.78 Å². The van der Waals surface area contributed by atoms with Crippen LogP contribution < -0.4 is 0 Å². The number of ketones is 1. The van der Waals surface area contributed by atoms with Gasteiger partial charge in [0, 0.05) is 70.1 Å². The number of aliphatic hydroxyl groups is 1. The van der Waals surface area contributed by atoms with Gasteiger partial charge in [0.15, 0.2) is 5.78 Å². The second-order valence-corrected chi connectivity index (χ2v) is 18.2. The fourth-order valence-corrected chi connectivity index (χ4v) is 8.76. The number of aromatic nitrogens is 1. The average Bonchev–Trinajstić information content (AvgIpc) is 3.41. The van der Waals surface area contributed by atoms with Gasteiger partial charge < -0.3 is 5.11 Å². The Bertz CT molecular complexity index is 2300. The molecule has 0 unspecified atom stereocenters. The van der Waals surface area contributed by atoms with E-state index in [2.05, 4.69) is 115 Å². The van der Waals surface area contributed by atoms with Crippen molar-refractivity contribution >= 4 is 58.8 Å². The van der Waals surface area contributed by atoms with Gasteiger partial charge in [0.1, 0.15) is 0 Å². The number of hydrogen-bond donors (Lipinski definition) is 1. The second kappa shape index (κ2) is 14.2. The molecule has 0 saturated carbocycles. The summed E-state index contributed by atoms with van der Waals surface area (Å²) in [4.78, 5) is 16.0. The molecule has 1 N–H and O–H groups in total. The molecule has 2 aromatic heterocycles. The first kappa shape index (κ1) is 38.9. The van der Waals surface area contributed by atoms with E-state index in [0.717, 1.165) is 16.6 Å². The van der Waals surface area contributed by atoms with Gasteiger partial charge in [-0.15, -0.1) is 40.5 Å². The Labute approximate surface area is 321 Å². The van der Waals surface area contributed by atoms with Crippen LogP contribution in [0.3, 0.4) is 0 Å². The monoisotopic (exact) mass is 875 g/mol. The predicted molar refractivity (Wildman–Crippen MR) is 216 cm³/mol. The zero-order valence-electron chi connectivity index (χ0n) is 32.0. The zero-order valence-corrected chi connectivity index (χ0v) is 35.3. The van der Waals surface area contributed by atoms with Crippen molar-refractivity contribution in [1.82, 2.24) is 4.98 Å². The first-order chi connectivity index (χ1) is 23.4. The zero-order chi connectivity index (χ0) is 36.3. The van der Waals surface area contributed by atoms with E-state index < -0.39 is 0 Å². The summed E-state index contributed by atoms with van der Waals surface area (Å²) in [7, 11) is 0. The van der Waals surface area contributed by atoms with E-state index >= 15 is 0 Å². The molecule has 51 heavy (non-hydrogen) atoms. The van der Waals surface area contributed by atoms with Crippen molar-refractivity contribution in [3.8, 4) is 11.3 Å². The molecule has 0 atom stereocenters. The fourth-order valence-electron chi connectivity index (χ4n) is 7.30. The first-order valence-electron chi connectivity index (χ1n) is 18.1. The smallest absolute Gasteiger partial charge is 0.161 e. The molecule has 1 aliphatic carbocycles. The Balaban J connectivity index is 0.000000367. The van der Waals surface area contributed by atoms with Crippen LogP contribution in [0.5, 0.6) is 0 Å². The summed E-state index contributed by atoms with van der Waals surface area (Å²) in [5.41, 5.74) is 6.94. The van der Waals surface area contributed by atoms with E-state index in [1.165, 1.54) is 66.4 Å². The molecule has 4 aromatic carbocycles. The summed E-state index contributed by atoms with van der Waals surface area (Å²) >= 11 is 1.98. The van der Waals surface area contributed by atoms with Crippen molar-refractivity contribution in [1.29, 1.82) is 0 Å². The number of aliphatic hydroxyl groups excluding tert-OH is 1. The number of hydrogen-bond acceptors (Lipinski definition) is 4. The van der Waals surface area contributed by atoms with Crippen molar-refractivity contribution in [2.45, 2.75) is 105 Å². The third-order valence-electron chi connectivity index (χ3n) is 10.6. The Kier molecular flexibility index (Phi) is 10.8. The van der Waals surface area contributed by atoms with E-state index in [4.69, 9.17) is 4.98 Å². The van der Waals surface area contributed by atoms with Gasteiger partial charge in [0.05, 0.1) is 5.76 Å². The summed E-state index contributed by atoms with van der Waals surface area (Å²) in [6, 6.07) is 26.4. The van der Waals surface area contributed by atoms with E-state index in [1.54, 1.807) is 5.56 Å². The summed E-state index contributed by atoms with van der Waals surface area (Å²) in [5.74, 6) is 0.161.